The molecule has 0 atom stereocenters. The highest BCUT2D eigenvalue weighted by Crippen LogP contribution is 2.49. The Balaban J connectivity index is 1.44. The van der Waals surface area contributed by atoms with Crippen molar-refractivity contribution < 1.29 is 9.90 Å². The number of piperidine rings is 1. The summed E-state index contributed by atoms with van der Waals surface area (Å²) < 4.78 is 3.68. The van der Waals surface area contributed by atoms with Crippen LogP contribution in [0.5, 0.6) is 0 Å². The van der Waals surface area contributed by atoms with Gasteiger partial charge in [-0.1, -0.05) is 43.9 Å². The molecule has 2 aromatic heterocycles. The summed E-state index contributed by atoms with van der Waals surface area (Å²) >= 11 is 1.49. The lowest BCUT2D eigenvalue weighted by Gasteiger charge is -2.31. The van der Waals surface area contributed by atoms with Crippen molar-refractivity contribution in [3.05, 3.63) is 40.8 Å². The number of likely N-dealkylation sites (tertiary alicyclic amines) is 1. The first-order valence-corrected chi connectivity index (χ1v) is 14.0. The predicted octanol–water partition coefficient (Wildman–Crippen LogP) is 6.42. The van der Waals surface area contributed by atoms with Crippen LogP contribution >= 0.6 is 11.3 Å². The number of hydrogen-bond acceptors (Lipinski definition) is 4. The molecule has 2 aliphatic heterocycles. The number of aromatic nitrogens is 1. The van der Waals surface area contributed by atoms with Crippen LogP contribution in [0.25, 0.3) is 21.5 Å². The lowest BCUT2D eigenvalue weighted by molar-refractivity contribution is 0.0702. The first kappa shape index (κ1) is 22.2. The fourth-order valence-electron chi connectivity index (χ4n) is 6.51. The second kappa shape index (κ2) is 9.38. The van der Waals surface area contributed by atoms with Crippen molar-refractivity contribution in [1.29, 1.82) is 0 Å². The molecule has 0 unspecified atom stereocenters. The molecule has 1 N–H and O–H groups in total. The minimum atomic E-state index is -0.803. The van der Waals surface area contributed by atoms with E-state index >= 15 is 0 Å². The maximum Gasteiger partial charge on any atom is 0.345 e. The van der Waals surface area contributed by atoms with Crippen LogP contribution in [0, 0.1) is 0 Å². The van der Waals surface area contributed by atoms with Gasteiger partial charge in [0.1, 0.15) is 4.88 Å². The monoisotopic (exact) mass is 477 g/mol. The number of carboxylic acid groups (broad SMARTS) is 1. The van der Waals surface area contributed by atoms with Crippen molar-refractivity contribution in [1.82, 2.24) is 9.47 Å². The van der Waals surface area contributed by atoms with Crippen LogP contribution < -0.4 is 4.90 Å². The number of para-hydroxylation sites is 1. The molecule has 2 fully saturated rings. The molecule has 1 saturated heterocycles. The Morgan fingerprint density at radius 3 is 2.50 bits per heavy atom. The van der Waals surface area contributed by atoms with Crippen molar-refractivity contribution in [2.24, 2.45) is 0 Å². The molecule has 34 heavy (non-hydrogen) atoms. The third-order valence-corrected chi connectivity index (χ3v) is 9.37. The summed E-state index contributed by atoms with van der Waals surface area (Å²) in [4.78, 5) is 17.5. The topological polar surface area (TPSA) is 48.7 Å². The first-order valence-electron chi connectivity index (χ1n) is 13.2. The average molecular weight is 478 g/mol. The number of fused-ring (bicyclic) bond motifs is 5. The predicted molar refractivity (Wildman–Crippen MR) is 141 cm³/mol. The van der Waals surface area contributed by atoms with Crippen LogP contribution in [0.15, 0.2) is 30.3 Å². The molecule has 0 radical (unpaired) electrons. The Hall–Kier alpha value is -2.31. The largest absolute Gasteiger partial charge is 0.477 e. The van der Waals surface area contributed by atoms with E-state index in [0.717, 1.165) is 31.7 Å². The highest BCUT2D eigenvalue weighted by molar-refractivity contribution is 7.21. The van der Waals surface area contributed by atoms with Gasteiger partial charge in [0.05, 0.1) is 15.9 Å². The van der Waals surface area contributed by atoms with E-state index in [0.29, 0.717) is 10.8 Å². The van der Waals surface area contributed by atoms with Crippen molar-refractivity contribution in [3.63, 3.8) is 0 Å². The van der Waals surface area contributed by atoms with E-state index in [1.165, 1.54) is 103 Å². The lowest BCUT2D eigenvalue weighted by atomic mass is 9.83. The summed E-state index contributed by atoms with van der Waals surface area (Å²) in [5.74, 6) is -0.275. The number of anilines is 1. The fourth-order valence-corrected chi connectivity index (χ4v) is 7.64. The van der Waals surface area contributed by atoms with E-state index in [-0.39, 0.29) is 0 Å². The zero-order valence-electron chi connectivity index (χ0n) is 20.0. The van der Waals surface area contributed by atoms with Gasteiger partial charge in [-0.3, -0.25) is 0 Å². The average Bonchev–Trinajstić information content (AvgIpc) is 3.38. The van der Waals surface area contributed by atoms with E-state index in [9.17, 15) is 9.90 Å². The quantitative estimate of drug-likeness (QED) is 0.461. The van der Waals surface area contributed by atoms with Crippen LogP contribution in [-0.4, -0.2) is 53.3 Å². The molecule has 180 valence electrons. The Morgan fingerprint density at radius 2 is 1.71 bits per heavy atom. The number of rotatable bonds is 5. The molecule has 0 amide bonds. The smallest absolute Gasteiger partial charge is 0.345 e. The number of carbonyl (C=O) groups is 1. The van der Waals surface area contributed by atoms with Gasteiger partial charge in [0.25, 0.3) is 0 Å². The summed E-state index contributed by atoms with van der Waals surface area (Å²) in [6.45, 7) is 6.50. The van der Waals surface area contributed by atoms with Gasteiger partial charge in [0.2, 0.25) is 0 Å². The summed E-state index contributed by atoms with van der Waals surface area (Å²) in [5, 5.41) is 9.75. The Bertz CT molecular complexity index is 1180. The van der Waals surface area contributed by atoms with Crippen LogP contribution in [-0.2, 0) is 6.54 Å². The SMILES string of the molecule is O=C(O)c1cc2c(s1)c(C1CCCCC1)c1n2CCN(CCN2CCCCC2)c2ccccc2-1. The van der Waals surface area contributed by atoms with E-state index in [1.807, 2.05) is 6.07 Å². The highest BCUT2D eigenvalue weighted by atomic mass is 32.1. The van der Waals surface area contributed by atoms with E-state index in [1.54, 1.807) is 0 Å². The van der Waals surface area contributed by atoms with Gasteiger partial charge >= 0.3 is 5.97 Å². The van der Waals surface area contributed by atoms with Gasteiger partial charge in [0.15, 0.2) is 0 Å². The van der Waals surface area contributed by atoms with Crippen molar-refractivity contribution in [3.8, 4) is 11.3 Å². The number of thiophene rings is 1. The Morgan fingerprint density at radius 1 is 0.941 bits per heavy atom. The Kier molecular flexibility index (Phi) is 6.12. The summed E-state index contributed by atoms with van der Waals surface area (Å²) in [6.07, 6.45) is 10.3. The summed E-state index contributed by atoms with van der Waals surface area (Å²) in [7, 11) is 0. The van der Waals surface area contributed by atoms with Crippen LogP contribution in [0.1, 0.15) is 72.5 Å². The van der Waals surface area contributed by atoms with Gasteiger partial charge in [-0.2, -0.15) is 0 Å². The molecule has 4 heterocycles. The van der Waals surface area contributed by atoms with Gasteiger partial charge in [-0.05, 0) is 62.4 Å². The minimum Gasteiger partial charge on any atom is -0.477 e. The maximum absolute atomic E-state index is 11.9. The first-order chi connectivity index (χ1) is 16.7. The van der Waals surface area contributed by atoms with Gasteiger partial charge in [0, 0.05) is 37.4 Å². The summed E-state index contributed by atoms with van der Waals surface area (Å²) in [5.41, 5.74) is 6.60. The fraction of sp³-hybridized carbons (Fsp3) is 0.536. The van der Waals surface area contributed by atoms with E-state index in [4.69, 9.17) is 0 Å². The molecule has 0 spiro atoms. The third kappa shape index (κ3) is 3.95. The maximum atomic E-state index is 11.9. The van der Waals surface area contributed by atoms with E-state index in [2.05, 4.69) is 38.6 Å². The zero-order valence-corrected chi connectivity index (χ0v) is 20.8. The minimum absolute atomic E-state index is 0.469. The summed E-state index contributed by atoms with van der Waals surface area (Å²) in [6, 6.07) is 10.9. The second-order valence-electron chi connectivity index (χ2n) is 10.3. The molecular formula is C28H35N3O2S. The second-order valence-corrected chi connectivity index (χ2v) is 11.3. The van der Waals surface area contributed by atoms with Gasteiger partial charge < -0.3 is 19.5 Å². The number of hydrogen-bond donors (Lipinski definition) is 1. The molecule has 1 saturated carbocycles. The molecule has 0 bridgehead atoms. The molecule has 1 aliphatic carbocycles. The Labute approximate surface area is 206 Å². The zero-order chi connectivity index (χ0) is 23.1. The number of benzene rings is 1. The molecular weight excluding hydrogens is 442 g/mol. The molecule has 5 nitrogen and oxygen atoms in total. The molecule has 3 aliphatic rings. The van der Waals surface area contributed by atoms with Crippen molar-refractivity contribution in [2.45, 2.75) is 63.8 Å². The lowest BCUT2D eigenvalue weighted by Crippen LogP contribution is -2.38. The normalized spacial score (nSPS) is 19.7. The molecule has 1 aromatic carbocycles. The highest BCUT2D eigenvalue weighted by Gasteiger charge is 2.32. The molecule has 6 heteroatoms. The van der Waals surface area contributed by atoms with Gasteiger partial charge in [-0.25, -0.2) is 4.79 Å². The van der Waals surface area contributed by atoms with Crippen LogP contribution in [0.2, 0.25) is 0 Å². The molecule has 6 rings (SSSR count). The number of aromatic carboxylic acids is 1. The van der Waals surface area contributed by atoms with Gasteiger partial charge in [-0.15, -0.1) is 11.3 Å². The van der Waals surface area contributed by atoms with E-state index < -0.39 is 5.97 Å². The van der Waals surface area contributed by atoms with Crippen LogP contribution in [0.4, 0.5) is 5.69 Å². The van der Waals surface area contributed by atoms with Crippen molar-refractivity contribution >= 4 is 33.2 Å². The molecule has 3 aromatic rings. The third-order valence-electron chi connectivity index (χ3n) is 8.23. The van der Waals surface area contributed by atoms with Crippen LogP contribution in [0.3, 0.4) is 0 Å². The van der Waals surface area contributed by atoms with Crippen molar-refractivity contribution in [2.75, 3.05) is 37.6 Å². The number of carboxylic acids is 1. The number of nitrogens with zero attached hydrogens (tertiary/aromatic N) is 3. The standard InChI is InChI=1S/C28H35N3O2S/c32-28(33)24-19-23-27(34-24)25(20-9-3-1-4-10-20)26-21-11-5-6-12-22(21)30(17-18-31(23)26)16-15-29-13-7-2-8-14-29/h5-6,11-12,19-20H,1-4,7-10,13-18H2,(H,32,33).